The van der Waals surface area contributed by atoms with Crippen molar-refractivity contribution in [1.82, 2.24) is 9.78 Å². The number of hydrogen-bond acceptors (Lipinski definition) is 3. The first kappa shape index (κ1) is 11.1. The highest BCUT2D eigenvalue weighted by atomic mass is 32.1. The van der Waals surface area contributed by atoms with E-state index in [1.165, 1.54) is 0 Å². The van der Waals surface area contributed by atoms with Gasteiger partial charge < -0.3 is 0 Å². The van der Waals surface area contributed by atoms with E-state index in [1.807, 2.05) is 42.4 Å². The number of ketones is 1. The molecule has 0 aliphatic rings. The summed E-state index contributed by atoms with van der Waals surface area (Å²) in [5.41, 5.74) is 3.87. The van der Waals surface area contributed by atoms with Crippen LogP contribution in [0.3, 0.4) is 0 Å². The first-order chi connectivity index (χ1) is 7.59. The molecule has 0 fully saturated rings. The molecule has 0 N–H and O–H groups in total. The minimum Gasteiger partial charge on any atom is -0.294 e. The van der Waals surface area contributed by atoms with Gasteiger partial charge in [0, 0.05) is 35.7 Å². The minimum absolute atomic E-state index is 0.167. The van der Waals surface area contributed by atoms with E-state index in [0.717, 1.165) is 22.5 Å². The second kappa shape index (κ2) is 4.22. The van der Waals surface area contributed by atoms with Crippen LogP contribution in [-0.4, -0.2) is 15.6 Å². The molecule has 0 unspecified atom stereocenters. The third kappa shape index (κ3) is 1.93. The topological polar surface area (TPSA) is 34.9 Å². The number of nitrogens with zero attached hydrogens (tertiary/aromatic N) is 2. The second-order valence-electron chi connectivity index (χ2n) is 3.88. The molecule has 84 valence electrons. The van der Waals surface area contributed by atoms with Crippen LogP contribution in [0.2, 0.25) is 0 Å². The molecule has 0 spiro atoms. The van der Waals surface area contributed by atoms with Crippen molar-refractivity contribution in [1.29, 1.82) is 0 Å². The standard InChI is InChI=1S/C12H14N2OS/c1-8-11(9(2)14(3)13-8)6-12(15)10-4-5-16-7-10/h4-5,7H,6H2,1-3H3. The first-order valence-electron chi connectivity index (χ1n) is 5.14. The molecule has 0 amide bonds. The predicted molar refractivity (Wildman–Crippen MR) is 65.0 cm³/mol. The lowest BCUT2D eigenvalue weighted by molar-refractivity contribution is 0.0993. The van der Waals surface area contributed by atoms with Crippen molar-refractivity contribution in [2.75, 3.05) is 0 Å². The zero-order chi connectivity index (χ0) is 11.7. The van der Waals surface area contributed by atoms with E-state index in [1.54, 1.807) is 11.3 Å². The van der Waals surface area contributed by atoms with Crippen LogP contribution < -0.4 is 0 Å². The van der Waals surface area contributed by atoms with Crippen LogP contribution in [0.1, 0.15) is 27.3 Å². The number of aryl methyl sites for hydroxylation is 2. The molecular formula is C12H14N2OS. The molecule has 16 heavy (non-hydrogen) atoms. The Morgan fingerprint density at radius 3 is 2.75 bits per heavy atom. The molecule has 0 bridgehead atoms. The van der Waals surface area contributed by atoms with Crippen LogP contribution in [0.4, 0.5) is 0 Å². The predicted octanol–water partition coefficient (Wildman–Crippen LogP) is 2.52. The molecule has 0 aliphatic carbocycles. The molecule has 0 radical (unpaired) electrons. The summed E-state index contributed by atoms with van der Waals surface area (Å²) in [4.78, 5) is 12.0. The highest BCUT2D eigenvalue weighted by Gasteiger charge is 2.14. The van der Waals surface area contributed by atoms with Crippen LogP contribution in [0.15, 0.2) is 16.8 Å². The highest BCUT2D eigenvalue weighted by Crippen LogP contribution is 2.16. The monoisotopic (exact) mass is 234 g/mol. The van der Waals surface area contributed by atoms with Gasteiger partial charge in [0.05, 0.1) is 5.69 Å². The van der Waals surface area contributed by atoms with E-state index in [0.29, 0.717) is 6.42 Å². The summed E-state index contributed by atoms with van der Waals surface area (Å²) in [5, 5.41) is 8.13. The second-order valence-corrected chi connectivity index (χ2v) is 4.66. The molecule has 0 saturated carbocycles. The Morgan fingerprint density at radius 1 is 1.50 bits per heavy atom. The van der Waals surface area contributed by atoms with E-state index in [2.05, 4.69) is 5.10 Å². The van der Waals surface area contributed by atoms with E-state index < -0.39 is 0 Å². The van der Waals surface area contributed by atoms with Crippen molar-refractivity contribution < 1.29 is 4.79 Å². The molecule has 2 aromatic rings. The Bertz CT molecular complexity index is 511. The number of aromatic nitrogens is 2. The average molecular weight is 234 g/mol. The third-order valence-corrected chi connectivity index (χ3v) is 3.52. The van der Waals surface area contributed by atoms with Crippen LogP contribution in [0, 0.1) is 13.8 Å². The van der Waals surface area contributed by atoms with Crippen molar-refractivity contribution in [2.24, 2.45) is 7.05 Å². The van der Waals surface area contributed by atoms with Gasteiger partial charge in [0.15, 0.2) is 5.78 Å². The molecule has 0 saturated heterocycles. The largest absolute Gasteiger partial charge is 0.294 e. The summed E-state index contributed by atoms with van der Waals surface area (Å²) in [7, 11) is 1.90. The molecule has 4 heteroatoms. The summed E-state index contributed by atoms with van der Waals surface area (Å²) >= 11 is 1.55. The van der Waals surface area contributed by atoms with E-state index >= 15 is 0 Å². The molecular weight excluding hydrogens is 220 g/mol. The number of hydrogen-bond donors (Lipinski definition) is 0. The summed E-state index contributed by atoms with van der Waals surface area (Å²) in [6.45, 7) is 3.94. The molecule has 3 nitrogen and oxygen atoms in total. The minimum atomic E-state index is 0.167. The SMILES string of the molecule is Cc1nn(C)c(C)c1CC(=O)c1ccsc1. The molecule has 0 aromatic carbocycles. The van der Waals surface area contributed by atoms with E-state index in [9.17, 15) is 4.79 Å². The number of carbonyl (C=O) groups excluding carboxylic acids is 1. The summed E-state index contributed by atoms with van der Waals surface area (Å²) < 4.78 is 1.82. The van der Waals surface area contributed by atoms with Crippen LogP contribution in [-0.2, 0) is 13.5 Å². The maximum absolute atomic E-state index is 12.0. The molecule has 0 aliphatic heterocycles. The lowest BCUT2D eigenvalue weighted by atomic mass is 10.0. The van der Waals surface area contributed by atoms with Crippen molar-refractivity contribution in [3.05, 3.63) is 39.3 Å². The average Bonchev–Trinajstić information content (AvgIpc) is 2.83. The Labute approximate surface area is 98.7 Å². The van der Waals surface area contributed by atoms with Gasteiger partial charge in [-0.2, -0.15) is 16.4 Å². The van der Waals surface area contributed by atoms with Gasteiger partial charge in [0.2, 0.25) is 0 Å². The molecule has 0 atom stereocenters. The molecule has 2 aromatic heterocycles. The number of Topliss-reactive ketones (excluding diaryl/α,β-unsaturated/α-hetero) is 1. The van der Waals surface area contributed by atoms with Crippen molar-refractivity contribution >= 4 is 17.1 Å². The number of rotatable bonds is 3. The van der Waals surface area contributed by atoms with Gasteiger partial charge in [0.25, 0.3) is 0 Å². The summed E-state index contributed by atoms with van der Waals surface area (Å²) in [6.07, 6.45) is 0.447. The van der Waals surface area contributed by atoms with Crippen molar-refractivity contribution in [3.63, 3.8) is 0 Å². The lowest BCUT2D eigenvalue weighted by Gasteiger charge is -2.00. The smallest absolute Gasteiger partial charge is 0.168 e. The van der Waals surface area contributed by atoms with E-state index in [4.69, 9.17) is 0 Å². The van der Waals surface area contributed by atoms with Gasteiger partial charge in [-0.3, -0.25) is 9.48 Å². The maximum Gasteiger partial charge on any atom is 0.168 e. The quantitative estimate of drug-likeness (QED) is 0.765. The van der Waals surface area contributed by atoms with Gasteiger partial charge in [0.1, 0.15) is 0 Å². The van der Waals surface area contributed by atoms with Crippen molar-refractivity contribution in [2.45, 2.75) is 20.3 Å². The molecule has 2 rings (SSSR count). The maximum atomic E-state index is 12.0. The Kier molecular flexibility index (Phi) is 2.92. The van der Waals surface area contributed by atoms with Crippen LogP contribution >= 0.6 is 11.3 Å². The Hall–Kier alpha value is -1.42. The van der Waals surface area contributed by atoms with Gasteiger partial charge >= 0.3 is 0 Å². The lowest BCUT2D eigenvalue weighted by Crippen LogP contribution is -2.04. The third-order valence-electron chi connectivity index (χ3n) is 2.84. The molecule has 2 heterocycles. The Balaban J connectivity index is 2.25. The Morgan fingerprint density at radius 2 is 2.25 bits per heavy atom. The fourth-order valence-corrected chi connectivity index (χ4v) is 2.42. The highest BCUT2D eigenvalue weighted by molar-refractivity contribution is 7.08. The fraction of sp³-hybridized carbons (Fsp3) is 0.333. The first-order valence-corrected chi connectivity index (χ1v) is 6.08. The van der Waals surface area contributed by atoms with E-state index in [-0.39, 0.29) is 5.78 Å². The van der Waals surface area contributed by atoms with Gasteiger partial charge in [-0.05, 0) is 25.3 Å². The van der Waals surface area contributed by atoms with Crippen molar-refractivity contribution in [3.8, 4) is 0 Å². The zero-order valence-corrected chi connectivity index (χ0v) is 10.5. The summed E-state index contributed by atoms with van der Waals surface area (Å²) in [5.74, 6) is 0.167. The number of thiophene rings is 1. The normalized spacial score (nSPS) is 10.7. The van der Waals surface area contributed by atoms with Crippen LogP contribution in [0.25, 0.3) is 0 Å². The summed E-state index contributed by atoms with van der Waals surface area (Å²) in [6, 6.07) is 1.87. The van der Waals surface area contributed by atoms with Gasteiger partial charge in [-0.1, -0.05) is 0 Å². The number of carbonyl (C=O) groups is 1. The fourth-order valence-electron chi connectivity index (χ4n) is 1.76. The van der Waals surface area contributed by atoms with Gasteiger partial charge in [-0.25, -0.2) is 0 Å². The van der Waals surface area contributed by atoms with Gasteiger partial charge in [-0.15, -0.1) is 0 Å². The zero-order valence-electron chi connectivity index (χ0n) is 9.65. The van der Waals surface area contributed by atoms with Crippen LogP contribution in [0.5, 0.6) is 0 Å².